The zero-order chi connectivity index (χ0) is 19.0. The second-order valence-electron chi connectivity index (χ2n) is 7.06. The van der Waals surface area contributed by atoms with Crippen molar-refractivity contribution in [3.05, 3.63) is 57.2 Å². The van der Waals surface area contributed by atoms with Crippen LogP contribution in [0.1, 0.15) is 35.3 Å². The van der Waals surface area contributed by atoms with Gasteiger partial charge < -0.3 is 4.90 Å². The van der Waals surface area contributed by atoms with Crippen molar-refractivity contribution in [2.45, 2.75) is 52.2 Å². The minimum Gasteiger partial charge on any atom is -0.335 e. The number of carbonyl (C=O) groups excluding carboxylic acids is 1. The van der Waals surface area contributed by atoms with Gasteiger partial charge in [-0.1, -0.05) is 0 Å². The average molecular weight is 382 g/mol. The van der Waals surface area contributed by atoms with Crippen LogP contribution in [0.4, 0.5) is 0 Å². The number of pyridine rings is 1. The van der Waals surface area contributed by atoms with E-state index in [9.17, 15) is 9.59 Å². The van der Waals surface area contributed by atoms with Gasteiger partial charge in [0.2, 0.25) is 5.91 Å². The monoisotopic (exact) mass is 382 g/mol. The van der Waals surface area contributed by atoms with Crippen molar-refractivity contribution in [3.8, 4) is 0 Å². The highest BCUT2D eigenvalue weighted by Crippen LogP contribution is 2.29. The molecular weight excluding hydrogens is 360 g/mol. The molecule has 1 fully saturated rings. The summed E-state index contributed by atoms with van der Waals surface area (Å²) in [5.74, 6) is 0.0829. The molecule has 140 valence electrons. The van der Waals surface area contributed by atoms with Crippen LogP contribution >= 0.6 is 11.3 Å². The maximum atomic E-state index is 12.8. The molecule has 3 aromatic heterocycles. The Hall–Kier alpha value is -2.54. The van der Waals surface area contributed by atoms with Crippen LogP contribution in [0.5, 0.6) is 0 Å². The van der Waals surface area contributed by atoms with Crippen molar-refractivity contribution in [2.75, 3.05) is 0 Å². The molecule has 0 aromatic carbocycles. The maximum absolute atomic E-state index is 12.8. The molecule has 1 aliphatic rings. The van der Waals surface area contributed by atoms with Crippen LogP contribution in [0.2, 0.25) is 0 Å². The zero-order valence-electron chi connectivity index (χ0n) is 15.5. The number of aryl methyl sites for hydroxylation is 3. The molecule has 0 radical (unpaired) electrons. The number of rotatable bonds is 6. The molecule has 6 nitrogen and oxygen atoms in total. The molecular formula is C20H22N4O2S. The highest BCUT2D eigenvalue weighted by molar-refractivity contribution is 7.18. The van der Waals surface area contributed by atoms with E-state index >= 15 is 0 Å². The third kappa shape index (κ3) is 3.64. The fourth-order valence-electron chi connectivity index (χ4n) is 3.28. The second-order valence-corrected chi connectivity index (χ2v) is 8.27. The molecule has 3 heterocycles. The first-order valence-electron chi connectivity index (χ1n) is 9.18. The van der Waals surface area contributed by atoms with Crippen molar-refractivity contribution in [2.24, 2.45) is 0 Å². The molecule has 0 bridgehead atoms. The fraction of sp³-hybridized carbons (Fsp3) is 0.400. The molecule has 0 spiro atoms. The standard InChI is InChI=1S/C20H22N4O2S/c1-13-14(2)27-19-18(13)20(26)23(12-22-19)10-7-17(25)24(16-3-4-16)11-15-5-8-21-9-6-15/h5-6,8-9,12,16H,3-4,7,10-11H2,1-2H3. The van der Waals surface area contributed by atoms with Gasteiger partial charge >= 0.3 is 0 Å². The first-order chi connectivity index (χ1) is 13.0. The van der Waals surface area contributed by atoms with Crippen LogP contribution < -0.4 is 5.56 Å². The van der Waals surface area contributed by atoms with Crippen LogP contribution in [-0.2, 0) is 17.9 Å². The highest BCUT2D eigenvalue weighted by Gasteiger charge is 2.32. The van der Waals surface area contributed by atoms with Gasteiger partial charge in [-0.15, -0.1) is 11.3 Å². The third-order valence-corrected chi connectivity index (χ3v) is 6.25. The van der Waals surface area contributed by atoms with Crippen LogP contribution in [0.15, 0.2) is 35.6 Å². The van der Waals surface area contributed by atoms with Gasteiger partial charge in [0.25, 0.3) is 5.56 Å². The highest BCUT2D eigenvalue weighted by atomic mass is 32.1. The van der Waals surface area contributed by atoms with E-state index in [0.717, 1.165) is 33.7 Å². The van der Waals surface area contributed by atoms with Crippen LogP contribution in [0, 0.1) is 13.8 Å². The van der Waals surface area contributed by atoms with E-state index in [-0.39, 0.29) is 11.5 Å². The Kier molecular flexibility index (Phi) is 4.78. The minimum atomic E-state index is -0.0539. The summed E-state index contributed by atoms with van der Waals surface area (Å²) in [6.45, 7) is 4.91. The number of carbonyl (C=O) groups is 1. The molecule has 1 amide bonds. The molecule has 4 rings (SSSR count). The Morgan fingerprint density at radius 3 is 2.74 bits per heavy atom. The smallest absolute Gasteiger partial charge is 0.262 e. The Labute approximate surface area is 161 Å². The summed E-state index contributed by atoms with van der Waals surface area (Å²) < 4.78 is 1.57. The summed E-state index contributed by atoms with van der Waals surface area (Å²) in [6.07, 6.45) is 7.47. The molecule has 3 aromatic rings. The molecule has 0 atom stereocenters. The predicted octanol–water partition coefficient (Wildman–Crippen LogP) is 3.05. The average Bonchev–Trinajstić information content (AvgIpc) is 3.46. The lowest BCUT2D eigenvalue weighted by atomic mass is 10.2. The topological polar surface area (TPSA) is 68.1 Å². The molecule has 27 heavy (non-hydrogen) atoms. The van der Waals surface area contributed by atoms with Gasteiger partial charge in [-0.2, -0.15) is 0 Å². The van der Waals surface area contributed by atoms with Crippen LogP contribution in [0.3, 0.4) is 0 Å². The van der Waals surface area contributed by atoms with Gasteiger partial charge in [-0.25, -0.2) is 4.98 Å². The summed E-state index contributed by atoms with van der Waals surface area (Å²) >= 11 is 1.54. The van der Waals surface area contributed by atoms with E-state index in [1.165, 1.54) is 11.3 Å². The number of hydrogen-bond donors (Lipinski definition) is 0. The largest absolute Gasteiger partial charge is 0.335 e. The summed E-state index contributed by atoms with van der Waals surface area (Å²) in [5, 5.41) is 0.684. The van der Waals surface area contributed by atoms with E-state index in [0.29, 0.717) is 30.9 Å². The van der Waals surface area contributed by atoms with E-state index in [1.807, 2.05) is 30.9 Å². The van der Waals surface area contributed by atoms with Gasteiger partial charge in [0.15, 0.2) is 0 Å². The normalized spacial score (nSPS) is 13.9. The van der Waals surface area contributed by atoms with Gasteiger partial charge in [0.05, 0.1) is 11.7 Å². The molecule has 0 N–H and O–H groups in total. The molecule has 1 aliphatic carbocycles. The van der Waals surface area contributed by atoms with Crippen molar-refractivity contribution in [1.82, 2.24) is 19.4 Å². The van der Waals surface area contributed by atoms with E-state index in [4.69, 9.17) is 0 Å². The summed E-state index contributed by atoms with van der Waals surface area (Å²) in [6, 6.07) is 4.20. The fourth-order valence-corrected chi connectivity index (χ4v) is 4.27. The molecule has 0 saturated heterocycles. The first kappa shape index (κ1) is 17.9. The Balaban J connectivity index is 1.49. The zero-order valence-corrected chi connectivity index (χ0v) is 16.3. The number of aromatic nitrogens is 3. The Morgan fingerprint density at radius 1 is 1.30 bits per heavy atom. The van der Waals surface area contributed by atoms with Gasteiger partial charge in [-0.05, 0) is 49.9 Å². The quantitative estimate of drug-likeness (QED) is 0.657. The maximum Gasteiger partial charge on any atom is 0.262 e. The SMILES string of the molecule is Cc1sc2ncn(CCC(=O)N(Cc3ccncc3)C3CC3)c(=O)c2c1C. The van der Waals surface area contributed by atoms with Crippen LogP contribution in [-0.4, -0.2) is 31.4 Å². The summed E-state index contributed by atoms with van der Waals surface area (Å²) in [5.41, 5.74) is 2.02. The number of fused-ring (bicyclic) bond motifs is 1. The van der Waals surface area contributed by atoms with Crippen molar-refractivity contribution in [3.63, 3.8) is 0 Å². The molecule has 0 aliphatic heterocycles. The second kappa shape index (κ2) is 7.23. The summed E-state index contributed by atoms with van der Waals surface area (Å²) in [4.78, 5) is 37.9. The number of hydrogen-bond acceptors (Lipinski definition) is 5. The number of amides is 1. The van der Waals surface area contributed by atoms with Crippen molar-refractivity contribution < 1.29 is 4.79 Å². The summed E-state index contributed by atoms with van der Waals surface area (Å²) in [7, 11) is 0. The molecule has 1 saturated carbocycles. The van der Waals surface area contributed by atoms with Gasteiger partial charge in [-0.3, -0.25) is 19.1 Å². The first-order valence-corrected chi connectivity index (χ1v) is 9.99. The molecule has 0 unspecified atom stereocenters. The predicted molar refractivity (Wildman–Crippen MR) is 106 cm³/mol. The van der Waals surface area contributed by atoms with Gasteiger partial charge in [0, 0.05) is 42.8 Å². The lowest BCUT2D eigenvalue weighted by molar-refractivity contribution is -0.132. The Bertz CT molecular complexity index is 1040. The van der Waals surface area contributed by atoms with E-state index in [1.54, 1.807) is 23.3 Å². The van der Waals surface area contributed by atoms with Crippen molar-refractivity contribution >= 4 is 27.5 Å². The third-order valence-electron chi connectivity index (χ3n) is 5.13. The van der Waals surface area contributed by atoms with E-state index < -0.39 is 0 Å². The lowest BCUT2D eigenvalue weighted by Gasteiger charge is -2.22. The molecule has 7 heteroatoms. The number of nitrogens with zero attached hydrogens (tertiary/aromatic N) is 4. The van der Waals surface area contributed by atoms with E-state index in [2.05, 4.69) is 9.97 Å². The van der Waals surface area contributed by atoms with Crippen molar-refractivity contribution in [1.29, 1.82) is 0 Å². The minimum absolute atomic E-state index is 0.0539. The lowest BCUT2D eigenvalue weighted by Crippen LogP contribution is -2.34. The Morgan fingerprint density at radius 2 is 2.04 bits per heavy atom. The van der Waals surface area contributed by atoms with Gasteiger partial charge in [0.1, 0.15) is 4.83 Å². The van der Waals surface area contributed by atoms with Crippen LogP contribution in [0.25, 0.3) is 10.2 Å². The number of thiophene rings is 1.